The molecule has 1 aliphatic heterocycles. The maximum absolute atomic E-state index is 11.6. The van der Waals surface area contributed by atoms with Gasteiger partial charge in [0.25, 0.3) is 0 Å². The third-order valence-electron chi connectivity index (χ3n) is 2.96. The lowest BCUT2D eigenvalue weighted by Crippen LogP contribution is -2.36. The molecule has 0 aromatic heterocycles. The van der Waals surface area contributed by atoms with E-state index in [1.165, 1.54) is 0 Å². The van der Waals surface area contributed by atoms with E-state index in [1.807, 2.05) is 18.7 Å². The molecule has 1 amide bonds. The minimum atomic E-state index is 0.237. The summed E-state index contributed by atoms with van der Waals surface area (Å²) in [7, 11) is 0. The zero-order valence-corrected chi connectivity index (χ0v) is 10.7. The van der Waals surface area contributed by atoms with E-state index in [4.69, 9.17) is 4.74 Å². The molecule has 0 saturated heterocycles. The standard InChI is InChI=1S/C12H23N2O2/c1-4-11(15)13(6-3)7-8-14-9-10-16-12(14)5-2/h4-10H2,1-3H3/q+1. The molecule has 16 heavy (non-hydrogen) atoms. The Kier molecular flexibility index (Phi) is 5.29. The second-order valence-corrected chi connectivity index (χ2v) is 3.91. The van der Waals surface area contributed by atoms with Crippen molar-refractivity contribution in [2.75, 3.05) is 32.8 Å². The van der Waals surface area contributed by atoms with E-state index in [9.17, 15) is 4.79 Å². The summed E-state index contributed by atoms with van der Waals surface area (Å²) in [6.45, 7) is 10.3. The Balaban J connectivity index is 2.46. The summed E-state index contributed by atoms with van der Waals surface area (Å²) < 4.78 is 7.75. The largest absolute Gasteiger partial charge is 0.441 e. The number of nitrogens with zero attached hydrogens (tertiary/aromatic N) is 2. The van der Waals surface area contributed by atoms with Crippen LogP contribution in [0.25, 0.3) is 0 Å². The molecule has 1 heterocycles. The Morgan fingerprint density at radius 2 is 2.19 bits per heavy atom. The van der Waals surface area contributed by atoms with E-state index in [2.05, 4.69) is 11.5 Å². The SMILES string of the molecule is CCC(=O)N(CC)CC[N+]1=C(CC)OCC1. The van der Waals surface area contributed by atoms with Crippen molar-refractivity contribution in [3.05, 3.63) is 0 Å². The lowest BCUT2D eigenvalue weighted by molar-refractivity contribution is -0.519. The van der Waals surface area contributed by atoms with Crippen LogP contribution in [0.4, 0.5) is 0 Å². The maximum atomic E-state index is 11.6. The first-order valence-corrected chi connectivity index (χ1v) is 6.24. The van der Waals surface area contributed by atoms with E-state index < -0.39 is 0 Å². The van der Waals surface area contributed by atoms with Crippen molar-refractivity contribution in [1.29, 1.82) is 0 Å². The van der Waals surface area contributed by atoms with Gasteiger partial charge in [-0.1, -0.05) is 13.8 Å². The highest BCUT2D eigenvalue weighted by Crippen LogP contribution is 2.00. The first-order valence-electron chi connectivity index (χ1n) is 6.24. The van der Waals surface area contributed by atoms with Gasteiger partial charge in [-0.2, -0.15) is 4.58 Å². The van der Waals surface area contributed by atoms with Crippen LogP contribution in [0.15, 0.2) is 0 Å². The average Bonchev–Trinajstić information content (AvgIpc) is 2.76. The Labute approximate surface area is 97.9 Å². The highest BCUT2D eigenvalue weighted by molar-refractivity contribution is 5.75. The fraction of sp³-hybridized carbons (Fsp3) is 0.833. The van der Waals surface area contributed by atoms with Crippen LogP contribution in [-0.4, -0.2) is 54.1 Å². The van der Waals surface area contributed by atoms with Gasteiger partial charge in [0.2, 0.25) is 5.91 Å². The van der Waals surface area contributed by atoms with Crippen LogP contribution in [0.2, 0.25) is 0 Å². The number of amides is 1. The topological polar surface area (TPSA) is 32.5 Å². The minimum absolute atomic E-state index is 0.237. The van der Waals surface area contributed by atoms with Crippen LogP contribution in [0.1, 0.15) is 33.6 Å². The molecular weight excluding hydrogens is 204 g/mol. The van der Waals surface area contributed by atoms with Crippen molar-refractivity contribution in [2.24, 2.45) is 0 Å². The second-order valence-electron chi connectivity index (χ2n) is 3.91. The zero-order valence-electron chi connectivity index (χ0n) is 10.7. The van der Waals surface area contributed by atoms with E-state index in [0.717, 1.165) is 45.1 Å². The van der Waals surface area contributed by atoms with Crippen LogP contribution >= 0.6 is 0 Å². The number of rotatable bonds is 6. The molecule has 0 aliphatic carbocycles. The van der Waals surface area contributed by atoms with Gasteiger partial charge in [0.1, 0.15) is 0 Å². The first kappa shape index (κ1) is 13.0. The van der Waals surface area contributed by atoms with Gasteiger partial charge in [-0.15, -0.1) is 0 Å². The molecule has 0 fully saturated rings. The first-order chi connectivity index (χ1) is 7.72. The monoisotopic (exact) mass is 227 g/mol. The number of carbonyl (C=O) groups excluding carboxylic acids is 1. The van der Waals surface area contributed by atoms with Crippen LogP contribution < -0.4 is 0 Å². The molecule has 0 unspecified atom stereocenters. The normalized spacial score (nSPS) is 15.2. The Hall–Kier alpha value is -1.06. The van der Waals surface area contributed by atoms with Crippen LogP contribution in [0.3, 0.4) is 0 Å². The van der Waals surface area contributed by atoms with Gasteiger partial charge in [0, 0.05) is 13.0 Å². The molecule has 0 saturated carbocycles. The van der Waals surface area contributed by atoms with E-state index in [-0.39, 0.29) is 5.91 Å². The summed E-state index contributed by atoms with van der Waals surface area (Å²) in [4.78, 5) is 13.5. The number of likely N-dealkylation sites (N-methyl/N-ethyl adjacent to an activating group) is 1. The molecule has 0 atom stereocenters. The molecule has 0 bridgehead atoms. The van der Waals surface area contributed by atoms with Gasteiger partial charge in [-0.3, -0.25) is 4.79 Å². The Bertz CT molecular complexity index is 274. The van der Waals surface area contributed by atoms with Crippen LogP contribution in [-0.2, 0) is 9.53 Å². The summed E-state index contributed by atoms with van der Waals surface area (Å²) in [6.07, 6.45) is 1.53. The minimum Gasteiger partial charge on any atom is -0.441 e. The molecular formula is C12H23N2O2+. The third-order valence-corrected chi connectivity index (χ3v) is 2.96. The molecule has 0 aromatic rings. The molecule has 0 spiro atoms. The lowest BCUT2D eigenvalue weighted by Gasteiger charge is -2.18. The third kappa shape index (κ3) is 3.22. The second kappa shape index (κ2) is 6.51. The van der Waals surface area contributed by atoms with Gasteiger partial charge in [0.05, 0.1) is 13.0 Å². The fourth-order valence-corrected chi connectivity index (χ4v) is 1.98. The maximum Gasteiger partial charge on any atom is 0.336 e. The summed E-state index contributed by atoms with van der Waals surface area (Å²) in [5.74, 6) is 1.31. The molecule has 0 radical (unpaired) electrons. The van der Waals surface area contributed by atoms with Crippen LogP contribution in [0, 0.1) is 0 Å². The Morgan fingerprint density at radius 1 is 1.44 bits per heavy atom. The van der Waals surface area contributed by atoms with Gasteiger partial charge in [0.15, 0.2) is 19.7 Å². The summed E-state index contributed by atoms with van der Waals surface area (Å²) in [5.41, 5.74) is 0. The van der Waals surface area contributed by atoms with Gasteiger partial charge < -0.3 is 9.64 Å². The fourth-order valence-electron chi connectivity index (χ4n) is 1.98. The van der Waals surface area contributed by atoms with Crippen molar-refractivity contribution in [2.45, 2.75) is 33.6 Å². The highest BCUT2D eigenvalue weighted by atomic mass is 16.5. The quantitative estimate of drug-likeness (QED) is 0.636. The summed E-state index contributed by atoms with van der Waals surface area (Å²) in [6, 6.07) is 0. The van der Waals surface area contributed by atoms with Gasteiger partial charge in [-0.25, -0.2) is 0 Å². The number of hydrogen-bond donors (Lipinski definition) is 0. The van der Waals surface area contributed by atoms with Gasteiger partial charge in [-0.05, 0) is 6.92 Å². The van der Waals surface area contributed by atoms with Crippen molar-refractivity contribution in [1.82, 2.24) is 4.90 Å². The molecule has 0 aromatic carbocycles. The molecule has 1 aliphatic rings. The molecule has 4 nitrogen and oxygen atoms in total. The number of carbonyl (C=O) groups is 1. The predicted molar refractivity (Wildman–Crippen MR) is 63.8 cm³/mol. The Morgan fingerprint density at radius 3 is 2.75 bits per heavy atom. The van der Waals surface area contributed by atoms with Gasteiger partial charge >= 0.3 is 5.90 Å². The highest BCUT2D eigenvalue weighted by Gasteiger charge is 2.22. The van der Waals surface area contributed by atoms with E-state index in [1.54, 1.807) is 0 Å². The average molecular weight is 227 g/mol. The molecule has 1 rings (SSSR count). The lowest BCUT2D eigenvalue weighted by atomic mass is 10.3. The smallest absolute Gasteiger partial charge is 0.336 e. The molecule has 4 heteroatoms. The van der Waals surface area contributed by atoms with Crippen molar-refractivity contribution in [3.63, 3.8) is 0 Å². The van der Waals surface area contributed by atoms with E-state index in [0.29, 0.717) is 6.42 Å². The summed E-state index contributed by atoms with van der Waals surface area (Å²) >= 11 is 0. The van der Waals surface area contributed by atoms with Crippen molar-refractivity contribution >= 4 is 11.8 Å². The summed E-state index contributed by atoms with van der Waals surface area (Å²) in [5, 5.41) is 0. The van der Waals surface area contributed by atoms with Crippen molar-refractivity contribution < 1.29 is 14.1 Å². The molecule has 0 N–H and O–H groups in total. The van der Waals surface area contributed by atoms with E-state index >= 15 is 0 Å². The number of hydrogen-bond acceptors (Lipinski definition) is 2. The number of ether oxygens (including phenoxy) is 1. The predicted octanol–water partition coefficient (Wildman–Crippen LogP) is 1.10. The molecule has 92 valence electrons. The zero-order chi connectivity index (χ0) is 12.0. The van der Waals surface area contributed by atoms with Crippen molar-refractivity contribution in [3.8, 4) is 0 Å². The van der Waals surface area contributed by atoms with Crippen LogP contribution in [0.5, 0.6) is 0 Å².